The topological polar surface area (TPSA) is 44.4 Å². The largest absolute Gasteiger partial charge is 0.355 e. The number of hydrogen-bond acceptors (Lipinski definition) is 3. The van der Waals surface area contributed by atoms with Crippen LogP contribution in [0.25, 0.3) is 0 Å². The Hall–Kier alpha value is -1.39. The van der Waals surface area contributed by atoms with Crippen LogP contribution in [0.15, 0.2) is 24.3 Å². The van der Waals surface area contributed by atoms with Gasteiger partial charge in [-0.05, 0) is 44.4 Å². The summed E-state index contributed by atoms with van der Waals surface area (Å²) in [6, 6.07) is 8.40. The van der Waals surface area contributed by atoms with Crippen molar-refractivity contribution >= 4 is 5.91 Å². The lowest BCUT2D eigenvalue weighted by Gasteiger charge is -2.28. The van der Waals surface area contributed by atoms with Crippen LogP contribution in [0.4, 0.5) is 0 Å². The monoisotopic (exact) mass is 317 g/mol. The molecule has 1 heterocycles. The molecule has 0 aliphatic carbocycles. The molecule has 0 atom stereocenters. The standard InChI is InChI=1S/C19H31N3O/c1-4-16-6-8-17(9-7-16)19(2,3)18(23)21-10-5-13-22-14-11-20-12-15-22/h6-9,20H,4-5,10-15H2,1-3H3,(H,21,23). The quantitative estimate of drug-likeness (QED) is 0.756. The molecule has 4 heteroatoms. The number of rotatable bonds is 7. The van der Waals surface area contributed by atoms with E-state index < -0.39 is 5.41 Å². The van der Waals surface area contributed by atoms with Gasteiger partial charge < -0.3 is 15.5 Å². The van der Waals surface area contributed by atoms with Crippen molar-refractivity contribution in [2.45, 2.75) is 39.0 Å². The van der Waals surface area contributed by atoms with Crippen molar-refractivity contribution in [2.24, 2.45) is 0 Å². The lowest BCUT2D eigenvalue weighted by Crippen LogP contribution is -2.45. The molecular weight excluding hydrogens is 286 g/mol. The van der Waals surface area contributed by atoms with Gasteiger partial charge in [0.05, 0.1) is 5.41 Å². The third kappa shape index (κ3) is 5.05. The minimum atomic E-state index is -0.485. The van der Waals surface area contributed by atoms with Crippen molar-refractivity contribution in [3.63, 3.8) is 0 Å². The van der Waals surface area contributed by atoms with E-state index in [0.717, 1.165) is 57.7 Å². The van der Waals surface area contributed by atoms with Crippen LogP contribution in [0, 0.1) is 0 Å². The van der Waals surface area contributed by atoms with E-state index in [1.54, 1.807) is 0 Å². The molecule has 0 radical (unpaired) electrons. The molecule has 4 nitrogen and oxygen atoms in total. The molecule has 1 saturated heterocycles. The zero-order chi connectivity index (χ0) is 16.7. The highest BCUT2D eigenvalue weighted by atomic mass is 16.2. The smallest absolute Gasteiger partial charge is 0.230 e. The third-order valence-electron chi connectivity index (χ3n) is 4.80. The molecule has 0 bridgehead atoms. The Kier molecular flexibility index (Phi) is 6.60. The molecule has 1 aromatic carbocycles. The van der Waals surface area contributed by atoms with Crippen LogP contribution in [0.2, 0.25) is 0 Å². The predicted octanol–water partition coefficient (Wildman–Crippen LogP) is 1.94. The Bertz CT molecular complexity index is 490. The van der Waals surface area contributed by atoms with Crippen LogP contribution >= 0.6 is 0 Å². The molecule has 0 aromatic heterocycles. The molecule has 23 heavy (non-hydrogen) atoms. The van der Waals surface area contributed by atoms with E-state index in [-0.39, 0.29) is 5.91 Å². The van der Waals surface area contributed by atoms with Crippen molar-refractivity contribution in [3.8, 4) is 0 Å². The number of nitrogens with one attached hydrogen (secondary N) is 2. The van der Waals surface area contributed by atoms with Gasteiger partial charge in [-0.2, -0.15) is 0 Å². The molecule has 1 aliphatic rings. The van der Waals surface area contributed by atoms with Gasteiger partial charge in [0.2, 0.25) is 5.91 Å². The molecule has 0 unspecified atom stereocenters. The van der Waals surface area contributed by atoms with Crippen molar-refractivity contribution in [1.29, 1.82) is 0 Å². The summed E-state index contributed by atoms with van der Waals surface area (Å²) in [4.78, 5) is 15.0. The molecule has 1 fully saturated rings. The Morgan fingerprint density at radius 3 is 2.48 bits per heavy atom. The predicted molar refractivity (Wildman–Crippen MR) is 95.8 cm³/mol. The van der Waals surface area contributed by atoms with Crippen LogP contribution in [0.3, 0.4) is 0 Å². The zero-order valence-corrected chi connectivity index (χ0v) is 14.8. The first-order chi connectivity index (χ1) is 11.0. The zero-order valence-electron chi connectivity index (χ0n) is 14.8. The average molecular weight is 317 g/mol. The number of nitrogens with zero attached hydrogens (tertiary/aromatic N) is 1. The van der Waals surface area contributed by atoms with E-state index in [1.807, 2.05) is 13.8 Å². The van der Waals surface area contributed by atoms with E-state index in [9.17, 15) is 4.79 Å². The second-order valence-corrected chi connectivity index (χ2v) is 6.88. The van der Waals surface area contributed by atoms with Crippen LogP contribution in [0.5, 0.6) is 0 Å². The van der Waals surface area contributed by atoms with E-state index in [0.29, 0.717) is 0 Å². The molecular formula is C19H31N3O. The summed E-state index contributed by atoms with van der Waals surface area (Å²) in [5.74, 6) is 0.113. The average Bonchev–Trinajstić information content (AvgIpc) is 2.59. The Morgan fingerprint density at radius 2 is 1.87 bits per heavy atom. The molecule has 1 amide bonds. The Balaban J connectivity index is 1.78. The number of carbonyl (C=O) groups is 1. The minimum absolute atomic E-state index is 0.113. The van der Waals surface area contributed by atoms with Crippen LogP contribution in [-0.4, -0.2) is 50.1 Å². The fourth-order valence-corrected chi connectivity index (χ4v) is 2.95. The van der Waals surface area contributed by atoms with Gasteiger partial charge in [-0.15, -0.1) is 0 Å². The normalized spacial score (nSPS) is 16.3. The molecule has 0 saturated carbocycles. The van der Waals surface area contributed by atoms with E-state index in [4.69, 9.17) is 0 Å². The Morgan fingerprint density at radius 1 is 1.22 bits per heavy atom. The highest BCUT2D eigenvalue weighted by molar-refractivity contribution is 5.87. The lowest BCUT2D eigenvalue weighted by atomic mass is 9.83. The second-order valence-electron chi connectivity index (χ2n) is 6.88. The molecule has 1 aliphatic heterocycles. The fraction of sp³-hybridized carbons (Fsp3) is 0.632. The highest BCUT2D eigenvalue weighted by Crippen LogP contribution is 2.23. The summed E-state index contributed by atoms with van der Waals surface area (Å²) >= 11 is 0. The number of amides is 1. The van der Waals surface area contributed by atoms with E-state index in [2.05, 4.69) is 46.7 Å². The lowest BCUT2D eigenvalue weighted by molar-refractivity contribution is -0.125. The van der Waals surface area contributed by atoms with Crippen LogP contribution in [0.1, 0.15) is 38.3 Å². The van der Waals surface area contributed by atoms with Gasteiger partial charge >= 0.3 is 0 Å². The molecule has 128 valence electrons. The van der Waals surface area contributed by atoms with Crippen molar-refractivity contribution in [2.75, 3.05) is 39.3 Å². The van der Waals surface area contributed by atoms with Crippen LogP contribution < -0.4 is 10.6 Å². The maximum Gasteiger partial charge on any atom is 0.230 e. The first kappa shape index (κ1) is 18.0. The third-order valence-corrected chi connectivity index (χ3v) is 4.80. The van der Waals surface area contributed by atoms with Gasteiger partial charge in [-0.3, -0.25) is 4.79 Å². The summed E-state index contributed by atoms with van der Waals surface area (Å²) in [5.41, 5.74) is 1.90. The van der Waals surface area contributed by atoms with Gasteiger partial charge in [0.1, 0.15) is 0 Å². The molecule has 2 rings (SSSR count). The summed E-state index contributed by atoms with van der Waals surface area (Å²) in [7, 11) is 0. The highest BCUT2D eigenvalue weighted by Gasteiger charge is 2.29. The van der Waals surface area contributed by atoms with Crippen molar-refractivity contribution in [3.05, 3.63) is 35.4 Å². The van der Waals surface area contributed by atoms with Gasteiger partial charge in [0, 0.05) is 32.7 Å². The van der Waals surface area contributed by atoms with Gasteiger partial charge in [0.25, 0.3) is 0 Å². The SMILES string of the molecule is CCc1ccc(C(C)(C)C(=O)NCCCN2CCNCC2)cc1. The summed E-state index contributed by atoms with van der Waals surface area (Å²) < 4.78 is 0. The number of carbonyl (C=O) groups excluding carboxylic acids is 1. The van der Waals surface area contributed by atoms with Crippen molar-refractivity contribution < 1.29 is 4.79 Å². The van der Waals surface area contributed by atoms with E-state index in [1.165, 1.54) is 5.56 Å². The number of benzene rings is 1. The summed E-state index contributed by atoms with van der Waals surface area (Å²) in [6.07, 6.45) is 2.04. The number of hydrogen-bond donors (Lipinski definition) is 2. The summed E-state index contributed by atoms with van der Waals surface area (Å²) in [5, 5.41) is 6.47. The molecule has 2 N–H and O–H groups in total. The first-order valence-electron chi connectivity index (χ1n) is 8.85. The number of aryl methyl sites for hydroxylation is 1. The number of piperazine rings is 1. The summed E-state index contributed by atoms with van der Waals surface area (Å²) in [6.45, 7) is 12.3. The minimum Gasteiger partial charge on any atom is -0.355 e. The fourth-order valence-electron chi connectivity index (χ4n) is 2.95. The van der Waals surface area contributed by atoms with Crippen LogP contribution in [-0.2, 0) is 16.6 Å². The maximum absolute atomic E-state index is 12.5. The van der Waals surface area contributed by atoms with Gasteiger partial charge in [0.15, 0.2) is 0 Å². The van der Waals surface area contributed by atoms with Gasteiger partial charge in [-0.1, -0.05) is 31.2 Å². The molecule has 1 aromatic rings. The maximum atomic E-state index is 12.5. The van der Waals surface area contributed by atoms with Gasteiger partial charge in [-0.25, -0.2) is 0 Å². The van der Waals surface area contributed by atoms with Crippen molar-refractivity contribution in [1.82, 2.24) is 15.5 Å². The Labute approximate surface area is 140 Å². The van der Waals surface area contributed by atoms with E-state index >= 15 is 0 Å². The molecule has 0 spiro atoms. The second kappa shape index (κ2) is 8.46. The first-order valence-corrected chi connectivity index (χ1v) is 8.85.